The third-order valence-electron chi connectivity index (χ3n) is 3.40. The highest BCUT2D eigenvalue weighted by Crippen LogP contribution is 2.34. The molecule has 3 aromatic rings. The Kier molecular flexibility index (Phi) is 3.71. The molecule has 1 heterocycles. The lowest BCUT2D eigenvalue weighted by Gasteiger charge is -2.06. The lowest BCUT2D eigenvalue weighted by Crippen LogP contribution is -2.06. The average Bonchev–Trinajstić information content (AvgIpc) is 2.86. The van der Waals surface area contributed by atoms with Crippen molar-refractivity contribution >= 4 is 5.69 Å². The third-order valence-corrected chi connectivity index (χ3v) is 3.40. The second-order valence-electron chi connectivity index (χ2n) is 4.79. The molecule has 3 N–H and O–H groups in total. The van der Waals surface area contributed by atoms with Crippen LogP contribution in [-0.4, -0.2) is 21.5 Å². The van der Waals surface area contributed by atoms with E-state index in [2.05, 4.69) is 5.10 Å². The Morgan fingerprint density at radius 2 is 1.48 bits per heavy atom. The molecule has 0 unspecified atom stereocenters. The smallest absolute Gasteiger partial charge is 0.116 e. The number of nitrogens with two attached hydrogens (primary N) is 1. The van der Waals surface area contributed by atoms with Crippen LogP contribution in [0.5, 0.6) is 0 Å². The summed E-state index contributed by atoms with van der Waals surface area (Å²) in [5, 5.41) is 13.8. The minimum Gasteiger partial charge on any atom is -0.395 e. The van der Waals surface area contributed by atoms with Gasteiger partial charge in [-0.1, -0.05) is 60.7 Å². The summed E-state index contributed by atoms with van der Waals surface area (Å²) in [6, 6.07) is 19.7. The van der Waals surface area contributed by atoms with E-state index in [1.54, 1.807) is 4.68 Å². The van der Waals surface area contributed by atoms with Crippen LogP contribution in [0.4, 0.5) is 5.69 Å². The predicted molar refractivity (Wildman–Crippen MR) is 84.6 cm³/mol. The highest BCUT2D eigenvalue weighted by molar-refractivity contribution is 5.85. The van der Waals surface area contributed by atoms with E-state index < -0.39 is 0 Å². The van der Waals surface area contributed by atoms with Gasteiger partial charge >= 0.3 is 0 Å². The predicted octanol–water partition coefficient (Wildman–Crippen LogP) is 2.79. The molecule has 0 fully saturated rings. The molecular formula is C17H17N3O. The number of aromatic nitrogens is 2. The van der Waals surface area contributed by atoms with Crippen molar-refractivity contribution in [3.8, 4) is 22.5 Å². The van der Waals surface area contributed by atoms with Gasteiger partial charge in [0.15, 0.2) is 0 Å². The van der Waals surface area contributed by atoms with Crippen LogP contribution in [0, 0.1) is 0 Å². The molecule has 4 nitrogen and oxygen atoms in total. The lowest BCUT2D eigenvalue weighted by molar-refractivity contribution is 0.270. The van der Waals surface area contributed by atoms with E-state index in [-0.39, 0.29) is 6.61 Å². The molecule has 0 amide bonds. The maximum absolute atomic E-state index is 9.26. The molecule has 3 rings (SSSR count). The van der Waals surface area contributed by atoms with Crippen molar-refractivity contribution < 1.29 is 5.11 Å². The largest absolute Gasteiger partial charge is 0.395 e. The molecule has 0 saturated carbocycles. The van der Waals surface area contributed by atoms with Gasteiger partial charge in [0.25, 0.3) is 0 Å². The minimum absolute atomic E-state index is 0.0230. The topological polar surface area (TPSA) is 64.1 Å². The van der Waals surface area contributed by atoms with Crippen molar-refractivity contribution in [3.05, 3.63) is 60.7 Å². The third kappa shape index (κ3) is 2.53. The summed E-state index contributed by atoms with van der Waals surface area (Å²) in [4.78, 5) is 0. The number of rotatable bonds is 4. The SMILES string of the molecule is Nc1c(-c2ccccc2)nn(CCO)c1-c1ccccc1. The van der Waals surface area contributed by atoms with Crippen molar-refractivity contribution in [2.45, 2.75) is 6.54 Å². The molecular weight excluding hydrogens is 262 g/mol. The molecule has 0 aliphatic carbocycles. The number of hydrogen-bond donors (Lipinski definition) is 2. The second kappa shape index (κ2) is 5.81. The van der Waals surface area contributed by atoms with E-state index in [0.717, 1.165) is 22.5 Å². The maximum atomic E-state index is 9.26. The van der Waals surface area contributed by atoms with Crippen LogP contribution < -0.4 is 5.73 Å². The molecule has 106 valence electrons. The van der Waals surface area contributed by atoms with Crippen molar-refractivity contribution in [2.24, 2.45) is 0 Å². The Morgan fingerprint density at radius 3 is 2.05 bits per heavy atom. The summed E-state index contributed by atoms with van der Waals surface area (Å²) < 4.78 is 1.77. The van der Waals surface area contributed by atoms with E-state index in [1.807, 2.05) is 60.7 Å². The standard InChI is InChI=1S/C17H17N3O/c18-15-16(13-7-3-1-4-8-13)19-20(11-12-21)17(15)14-9-5-2-6-10-14/h1-10,21H,11-12,18H2. The van der Waals surface area contributed by atoms with Crippen LogP contribution in [0.1, 0.15) is 0 Å². The van der Waals surface area contributed by atoms with Crippen molar-refractivity contribution in [1.82, 2.24) is 9.78 Å². The first-order valence-electron chi connectivity index (χ1n) is 6.89. The monoisotopic (exact) mass is 279 g/mol. The van der Waals surface area contributed by atoms with E-state index in [9.17, 15) is 5.11 Å². The van der Waals surface area contributed by atoms with Gasteiger partial charge in [-0.05, 0) is 0 Å². The molecule has 21 heavy (non-hydrogen) atoms. The van der Waals surface area contributed by atoms with E-state index in [1.165, 1.54) is 0 Å². The van der Waals surface area contributed by atoms with Gasteiger partial charge < -0.3 is 10.8 Å². The van der Waals surface area contributed by atoms with Crippen molar-refractivity contribution in [1.29, 1.82) is 0 Å². The zero-order chi connectivity index (χ0) is 14.7. The molecule has 0 saturated heterocycles. The first kappa shape index (κ1) is 13.4. The summed E-state index contributed by atoms with van der Waals surface area (Å²) in [5.74, 6) is 0. The number of aliphatic hydroxyl groups is 1. The molecule has 0 bridgehead atoms. The van der Waals surface area contributed by atoms with E-state index in [4.69, 9.17) is 5.73 Å². The van der Waals surface area contributed by atoms with Crippen LogP contribution in [0.3, 0.4) is 0 Å². The summed E-state index contributed by atoms with van der Waals surface area (Å²) >= 11 is 0. The average molecular weight is 279 g/mol. The summed E-state index contributed by atoms with van der Waals surface area (Å²) in [6.07, 6.45) is 0. The first-order valence-corrected chi connectivity index (χ1v) is 6.89. The molecule has 1 aromatic heterocycles. The molecule has 4 heteroatoms. The van der Waals surface area contributed by atoms with Crippen LogP contribution in [-0.2, 0) is 6.54 Å². The van der Waals surface area contributed by atoms with Gasteiger partial charge in [-0.2, -0.15) is 5.10 Å². The summed E-state index contributed by atoms with van der Waals surface area (Å²) in [5.41, 5.74) is 10.6. The van der Waals surface area contributed by atoms with Gasteiger partial charge in [0.1, 0.15) is 5.69 Å². The van der Waals surface area contributed by atoms with Gasteiger partial charge in [0.2, 0.25) is 0 Å². The van der Waals surface area contributed by atoms with Gasteiger partial charge in [-0.25, -0.2) is 0 Å². The number of nitrogens with zero attached hydrogens (tertiary/aromatic N) is 2. The molecule has 2 aromatic carbocycles. The van der Waals surface area contributed by atoms with Crippen molar-refractivity contribution in [3.63, 3.8) is 0 Å². The zero-order valence-electron chi connectivity index (χ0n) is 11.6. The maximum Gasteiger partial charge on any atom is 0.116 e. The Morgan fingerprint density at radius 1 is 0.905 bits per heavy atom. The minimum atomic E-state index is 0.0230. The van der Waals surface area contributed by atoms with Gasteiger partial charge in [-0.15, -0.1) is 0 Å². The van der Waals surface area contributed by atoms with Crippen LogP contribution in [0.15, 0.2) is 60.7 Å². The fourth-order valence-electron chi connectivity index (χ4n) is 2.44. The Bertz CT molecular complexity index is 721. The first-order chi connectivity index (χ1) is 10.3. The van der Waals surface area contributed by atoms with E-state index >= 15 is 0 Å². The van der Waals surface area contributed by atoms with Crippen molar-refractivity contribution in [2.75, 3.05) is 12.3 Å². The highest BCUT2D eigenvalue weighted by Gasteiger charge is 2.17. The number of benzene rings is 2. The van der Waals surface area contributed by atoms with Crippen LogP contribution in [0.25, 0.3) is 22.5 Å². The van der Waals surface area contributed by atoms with Gasteiger partial charge in [0, 0.05) is 11.1 Å². The Hall–Kier alpha value is -2.59. The van der Waals surface area contributed by atoms with Gasteiger partial charge in [0.05, 0.1) is 24.5 Å². The lowest BCUT2D eigenvalue weighted by atomic mass is 10.1. The quantitative estimate of drug-likeness (QED) is 0.772. The molecule has 0 aliphatic heterocycles. The fourth-order valence-corrected chi connectivity index (χ4v) is 2.44. The number of nitrogen functional groups attached to an aromatic ring is 1. The van der Waals surface area contributed by atoms with Gasteiger partial charge in [-0.3, -0.25) is 4.68 Å². The Labute approximate surface area is 123 Å². The molecule has 0 atom stereocenters. The van der Waals surface area contributed by atoms with Crippen LogP contribution in [0.2, 0.25) is 0 Å². The Balaban J connectivity index is 2.17. The van der Waals surface area contributed by atoms with Crippen LogP contribution >= 0.6 is 0 Å². The number of anilines is 1. The number of hydrogen-bond acceptors (Lipinski definition) is 3. The zero-order valence-corrected chi connectivity index (χ0v) is 11.6. The molecule has 0 spiro atoms. The number of aliphatic hydroxyl groups excluding tert-OH is 1. The highest BCUT2D eigenvalue weighted by atomic mass is 16.3. The normalized spacial score (nSPS) is 10.7. The summed E-state index contributed by atoms with van der Waals surface area (Å²) in [7, 11) is 0. The fraction of sp³-hybridized carbons (Fsp3) is 0.118. The second-order valence-corrected chi connectivity index (χ2v) is 4.79. The molecule has 0 radical (unpaired) electrons. The van der Waals surface area contributed by atoms with E-state index in [0.29, 0.717) is 12.2 Å². The molecule has 0 aliphatic rings. The summed E-state index contributed by atoms with van der Waals surface area (Å²) in [6.45, 7) is 0.441.